The number of carbonyl (C=O) groups excluding carboxylic acids is 2. The number of hydrogen-bond acceptors (Lipinski definition) is 6. The zero-order chi connectivity index (χ0) is 19.2. The van der Waals surface area contributed by atoms with Crippen LogP contribution in [0.1, 0.15) is 32.1 Å². The highest BCUT2D eigenvalue weighted by Crippen LogP contribution is 2.26. The number of aromatic nitrogens is 1. The van der Waals surface area contributed by atoms with E-state index < -0.39 is 15.9 Å². The van der Waals surface area contributed by atoms with Crippen LogP contribution < -0.4 is 11.1 Å². The van der Waals surface area contributed by atoms with Gasteiger partial charge < -0.3 is 11.1 Å². The van der Waals surface area contributed by atoms with Crippen molar-refractivity contribution < 1.29 is 18.0 Å². The summed E-state index contributed by atoms with van der Waals surface area (Å²) in [7, 11) is -1.95. The van der Waals surface area contributed by atoms with Crippen LogP contribution >= 0.6 is 11.8 Å². The van der Waals surface area contributed by atoms with E-state index in [1.165, 1.54) is 16.6 Å². The normalized spacial score (nSPS) is 15.8. The van der Waals surface area contributed by atoms with Crippen LogP contribution in [-0.2, 0) is 19.6 Å². The van der Waals surface area contributed by atoms with Gasteiger partial charge in [-0.1, -0.05) is 31.0 Å². The third-order valence-electron chi connectivity index (χ3n) is 4.29. The first-order chi connectivity index (χ1) is 12.3. The number of thioether (sulfide) groups is 1. The van der Waals surface area contributed by atoms with Crippen LogP contribution in [0.5, 0.6) is 0 Å². The van der Waals surface area contributed by atoms with E-state index in [-0.39, 0.29) is 29.1 Å². The number of pyridine rings is 1. The quantitative estimate of drug-likeness (QED) is 0.620. The molecule has 10 heteroatoms. The van der Waals surface area contributed by atoms with Gasteiger partial charge in [-0.25, -0.2) is 13.4 Å². The predicted molar refractivity (Wildman–Crippen MR) is 99.0 cm³/mol. The van der Waals surface area contributed by atoms with Gasteiger partial charge in [-0.05, 0) is 25.0 Å². The summed E-state index contributed by atoms with van der Waals surface area (Å²) in [5.41, 5.74) is 4.95. The molecule has 144 valence electrons. The highest BCUT2D eigenvalue weighted by Gasteiger charge is 2.29. The fourth-order valence-corrected chi connectivity index (χ4v) is 4.82. The summed E-state index contributed by atoms with van der Waals surface area (Å²) in [5.74, 6) is -0.892. The molecule has 2 amide bonds. The second-order valence-corrected chi connectivity index (χ2v) is 9.17. The Morgan fingerprint density at radius 3 is 2.58 bits per heavy atom. The van der Waals surface area contributed by atoms with Gasteiger partial charge in [0.2, 0.25) is 21.8 Å². The Bertz CT molecular complexity index is 731. The van der Waals surface area contributed by atoms with Crippen molar-refractivity contribution >= 4 is 33.6 Å². The van der Waals surface area contributed by atoms with Gasteiger partial charge in [0.25, 0.3) is 0 Å². The fourth-order valence-electron chi connectivity index (χ4n) is 2.79. The number of nitrogens with one attached hydrogen (secondary N) is 1. The highest BCUT2D eigenvalue weighted by molar-refractivity contribution is 7.99. The third-order valence-corrected chi connectivity index (χ3v) is 7.12. The molecule has 1 saturated carbocycles. The van der Waals surface area contributed by atoms with Crippen LogP contribution in [-0.4, -0.2) is 54.9 Å². The average molecular weight is 401 g/mol. The van der Waals surface area contributed by atoms with Crippen molar-refractivity contribution in [3.05, 3.63) is 18.3 Å². The fraction of sp³-hybridized carbons (Fsp3) is 0.562. The minimum atomic E-state index is -3.57. The molecule has 0 unspecified atom stereocenters. The molecule has 1 fully saturated rings. The average Bonchev–Trinajstić information content (AvgIpc) is 2.65. The first kappa shape index (κ1) is 20.7. The van der Waals surface area contributed by atoms with E-state index in [4.69, 9.17) is 5.73 Å². The van der Waals surface area contributed by atoms with Crippen LogP contribution in [0.4, 0.5) is 0 Å². The number of nitrogens with zero attached hydrogens (tertiary/aromatic N) is 2. The number of sulfonamides is 1. The van der Waals surface area contributed by atoms with Crippen LogP contribution in [0.3, 0.4) is 0 Å². The SMILES string of the molecule is CN(C1CCCCC1)S(=O)(=O)c1ccc(SCC(=O)NCC(N)=O)nc1. The molecule has 26 heavy (non-hydrogen) atoms. The molecule has 1 aromatic heterocycles. The number of carbonyl (C=O) groups is 2. The monoisotopic (exact) mass is 400 g/mol. The number of amides is 2. The number of rotatable bonds is 8. The van der Waals surface area contributed by atoms with Crippen LogP contribution in [0.2, 0.25) is 0 Å². The van der Waals surface area contributed by atoms with Crippen molar-refractivity contribution in [1.82, 2.24) is 14.6 Å². The lowest BCUT2D eigenvalue weighted by molar-refractivity contribution is -0.123. The molecule has 1 aromatic rings. The van der Waals surface area contributed by atoms with Gasteiger partial charge in [-0.15, -0.1) is 0 Å². The Balaban J connectivity index is 1.95. The smallest absolute Gasteiger partial charge is 0.244 e. The van der Waals surface area contributed by atoms with Gasteiger partial charge >= 0.3 is 0 Å². The first-order valence-electron chi connectivity index (χ1n) is 8.42. The Morgan fingerprint density at radius 2 is 2.00 bits per heavy atom. The van der Waals surface area contributed by atoms with E-state index in [0.29, 0.717) is 5.03 Å². The van der Waals surface area contributed by atoms with Crippen LogP contribution in [0, 0.1) is 0 Å². The summed E-state index contributed by atoms with van der Waals surface area (Å²) in [6.07, 6.45) is 6.35. The van der Waals surface area contributed by atoms with E-state index in [1.807, 2.05) is 0 Å². The predicted octanol–water partition coefficient (Wildman–Crippen LogP) is 0.728. The molecule has 0 radical (unpaired) electrons. The molecule has 1 heterocycles. The Hall–Kier alpha value is -1.65. The largest absolute Gasteiger partial charge is 0.368 e. The topological polar surface area (TPSA) is 122 Å². The zero-order valence-electron chi connectivity index (χ0n) is 14.7. The molecule has 3 N–H and O–H groups in total. The van der Waals surface area contributed by atoms with Crippen molar-refractivity contribution in [3.8, 4) is 0 Å². The molecular formula is C16H24N4O4S2. The summed E-state index contributed by atoms with van der Waals surface area (Å²) in [5, 5.41) is 2.90. The lowest BCUT2D eigenvalue weighted by atomic mass is 9.96. The zero-order valence-corrected chi connectivity index (χ0v) is 16.3. The number of primary amides is 1. The molecule has 1 aliphatic carbocycles. The summed E-state index contributed by atoms with van der Waals surface area (Å²) in [6.45, 7) is -0.211. The lowest BCUT2D eigenvalue weighted by Gasteiger charge is -2.30. The van der Waals surface area contributed by atoms with Crippen molar-refractivity contribution in [2.45, 2.75) is 48.1 Å². The second kappa shape index (κ2) is 9.33. The van der Waals surface area contributed by atoms with E-state index in [9.17, 15) is 18.0 Å². The van der Waals surface area contributed by atoms with Crippen LogP contribution in [0.15, 0.2) is 28.3 Å². The standard InChI is InChI=1S/C16H24N4O4S2/c1-20(12-5-3-2-4-6-12)26(23,24)13-7-8-16(19-9-13)25-11-15(22)18-10-14(17)21/h7-9,12H,2-6,10-11H2,1H3,(H2,17,21)(H,18,22). The summed E-state index contributed by atoms with van der Waals surface area (Å²) < 4.78 is 26.9. The van der Waals surface area contributed by atoms with Gasteiger partial charge in [0.1, 0.15) is 4.90 Å². The van der Waals surface area contributed by atoms with Crippen molar-refractivity contribution in [2.75, 3.05) is 19.3 Å². The van der Waals surface area contributed by atoms with Gasteiger partial charge in [-0.3, -0.25) is 9.59 Å². The van der Waals surface area contributed by atoms with E-state index in [0.717, 1.165) is 43.9 Å². The van der Waals surface area contributed by atoms with Gasteiger partial charge in [0.05, 0.1) is 17.3 Å². The van der Waals surface area contributed by atoms with E-state index >= 15 is 0 Å². The molecular weight excluding hydrogens is 376 g/mol. The lowest BCUT2D eigenvalue weighted by Crippen LogP contribution is -2.38. The molecule has 8 nitrogen and oxygen atoms in total. The molecule has 0 saturated heterocycles. The van der Waals surface area contributed by atoms with Gasteiger partial charge in [0, 0.05) is 19.3 Å². The van der Waals surface area contributed by atoms with Gasteiger partial charge in [0.15, 0.2) is 0 Å². The first-order valence-corrected chi connectivity index (χ1v) is 10.8. The van der Waals surface area contributed by atoms with Crippen molar-refractivity contribution in [2.24, 2.45) is 5.73 Å². The van der Waals surface area contributed by atoms with Crippen molar-refractivity contribution in [3.63, 3.8) is 0 Å². The minimum absolute atomic E-state index is 0.0387. The maximum absolute atomic E-state index is 12.7. The van der Waals surface area contributed by atoms with E-state index in [1.54, 1.807) is 13.1 Å². The summed E-state index contributed by atoms with van der Waals surface area (Å²) in [6, 6.07) is 3.12. The summed E-state index contributed by atoms with van der Waals surface area (Å²) in [4.78, 5) is 26.4. The van der Waals surface area contributed by atoms with Gasteiger partial charge in [-0.2, -0.15) is 4.31 Å². The highest BCUT2D eigenvalue weighted by atomic mass is 32.2. The molecule has 0 bridgehead atoms. The third kappa shape index (κ3) is 5.68. The minimum Gasteiger partial charge on any atom is -0.368 e. The maximum Gasteiger partial charge on any atom is 0.244 e. The number of nitrogens with two attached hydrogens (primary N) is 1. The molecule has 1 aliphatic rings. The second-order valence-electron chi connectivity index (χ2n) is 6.18. The molecule has 0 atom stereocenters. The number of hydrogen-bond donors (Lipinski definition) is 2. The molecule has 0 spiro atoms. The molecule has 0 aromatic carbocycles. The summed E-state index contributed by atoms with van der Waals surface area (Å²) >= 11 is 1.15. The molecule has 0 aliphatic heterocycles. The van der Waals surface area contributed by atoms with Crippen molar-refractivity contribution in [1.29, 1.82) is 0 Å². The Kier molecular flexibility index (Phi) is 7.42. The molecule has 2 rings (SSSR count). The Labute approximate surface area is 158 Å². The van der Waals surface area contributed by atoms with Crippen LogP contribution in [0.25, 0.3) is 0 Å². The van der Waals surface area contributed by atoms with E-state index in [2.05, 4.69) is 10.3 Å². The Morgan fingerprint density at radius 1 is 1.31 bits per heavy atom. The maximum atomic E-state index is 12.7.